The highest BCUT2D eigenvalue weighted by molar-refractivity contribution is 5.99. The number of nitrogens with one attached hydrogen (secondary N) is 1. The van der Waals surface area contributed by atoms with Gasteiger partial charge in [0.1, 0.15) is 11.4 Å². The molecule has 9 nitrogen and oxygen atoms in total. The Labute approximate surface area is 178 Å². The van der Waals surface area contributed by atoms with Crippen LogP contribution in [0.25, 0.3) is 22.7 Å². The highest BCUT2D eigenvalue weighted by Gasteiger charge is 2.23. The van der Waals surface area contributed by atoms with E-state index in [0.29, 0.717) is 23.6 Å². The van der Waals surface area contributed by atoms with Gasteiger partial charge in [-0.2, -0.15) is 5.10 Å². The summed E-state index contributed by atoms with van der Waals surface area (Å²) in [5.41, 5.74) is 2.52. The smallest absolute Gasteiger partial charge is 0.272 e. The Bertz CT molecular complexity index is 1220. The second-order valence-corrected chi connectivity index (χ2v) is 7.29. The van der Waals surface area contributed by atoms with Crippen molar-refractivity contribution >= 4 is 11.4 Å². The first kappa shape index (κ1) is 19.3. The average molecular weight is 418 g/mol. The van der Waals surface area contributed by atoms with Crippen molar-refractivity contribution in [3.8, 4) is 23.0 Å². The Morgan fingerprint density at radius 1 is 1.32 bits per heavy atom. The van der Waals surface area contributed by atoms with Gasteiger partial charge in [-0.3, -0.25) is 14.2 Å². The number of fused-ring (bicyclic) bond motifs is 1. The summed E-state index contributed by atoms with van der Waals surface area (Å²) in [7, 11) is 1.62. The molecule has 9 heteroatoms. The van der Waals surface area contributed by atoms with Crippen molar-refractivity contribution < 1.29 is 14.3 Å². The van der Waals surface area contributed by atoms with E-state index in [1.54, 1.807) is 36.6 Å². The van der Waals surface area contributed by atoms with Crippen LogP contribution in [-0.4, -0.2) is 56.4 Å². The zero-order chi connectivity index (χ0) is 21.2. The minimum absolute atomic E-state index is 0.0601. The van der Waals surface area contributed by atoms with Crippen LogP contribution in [0.2, 0.25) is 0 Å². The van der Waals surface area contributed by atoms with Crippen LogP contribution in [0.15, 0.2) is 55.1 Å². The Balaban J connectivity index is 1.53. The molecule has 1 saturated heterocycles. The first-order chi connectivity index (χ1) is 15.2. The van der Waals surface area contributed by atoms with Gasteiger partial charge in [-0.1, -0.05) is 6.07 Å². The molecule has 5 rings (SSSR count). The maximum absolute atomic E-state index is 12.9. The molecule has 0 bridgehead atoms. The summed E-state index contributed by atoms with van der Waals surface area (Å²) in [5.74, 6) is 1.07. The van der Waals surface area contributed by atoms with Gasteiger partial charge in [0.25, 0.3) is 5.91 Å². The van der Waals surface area contributed by atoms with Crippen LogP contribution in [-0.2, 0) is 4.74 Å². The second-order valence-electron chi connectivity index (χ2n) is 7.29. The standard InChI is InChI=1S/C22H22N6O3/c1-30-16-5-2-4-15(12-16)28-18(7-8-25-28)21-26-20(19-14-23-9-10-27(19)21)22(29)24-13-17-6-3-11-31-17/h2,4-5,7-10,12,14,17H,3,6,11,13H2,1H3,(H,24,29). The molecule has 0 aliphatic carbocycles. The van der Waals surface area contributed by atoms with Gasteiger partial charge in [0.15, 0.2) is 11.5 Å². The second kappa shape index (κ2) is 8.19. The number of aromatic nitrogens is 5. The van der Waals surface area contributed by atoms with Crippen LogP contribution in [0.3, 0.4) is 0 Å². The minimum atomic E-state index is -0.250. The molecule has 1 atom stereocenters. The quantitative estimate of drug-likeness (QED) is 0.517. The molecule has 1 amide bonds. The number of nitrogens with zero attached hydrogens (tertiary/aromatic N) is 5. The van der Waals surface area contributed by atoms with Crippen molar-refractivity contribution in [2.75, 3.05) is 20.3 Å². The predicted octanol–water partition coefficient (Wildman–Crippen LogP) is 2.50. The molecule has 0 spiro atoms. The molecule has 31 heavy (non-hydrogen) atoms. The van der Waals surface area contributed by atoms with E-state index in [9.17, 15) is 4.79 Å². The lowest BCUT2D eigenvalue weighted by atomic mass is 10.2. The molecular formula is C22H22N6O3. The molecule has 1 N–H and O–H groups in total. The fourth-order valence-corrected chi connectivity index (χ4v) is 3.80. The van der Waals surface area contributed by atoms with E-state index >= 15 is 0 Å². The van der Waals surface area contributed by atoms with Crippen molar-refractivity contribution in [2.45, 2.75) is 18.9 Å². The minimum Gasteiger partial charge on any atom is -0.497 e. The Morgan fingerprint density at radius 3 is 3.10 bits per heavy atom. The first-order valence-corrected chi connectivity index (χ1v) is 10.2. The molecule has 0 saturated carbocycles. The maximum atomic E-state index is 12.9. The third-order valence-corrected chi connectivity index (χ3v) is 5.35. The summed E-state index contributed by atoms with van der Waals surface area (Å²) in [4.78, 5) is 21.8. The lowest BCUT2D eigenvalue weighted by molar-refractivity contribution is 0.0855. The largest absolute Gasteiger partial charge is 0.497 e. The lowest BCUT2D eigenvalue weighted by Crippen LogP contribution is -2.32. The number of carbonyl (C=O) groups is 1. The van der Waals surface area contributed by atoms with Crippen molar-refractivity contribution in [1.29, 1.82) is 0 Å². The predicted molar refractivity (Wildman–Crippen MR) is 113 cm³/mol. The van der Waals surface area contributed by atoms with Gasteiger partial charge in [0, 0.05) is 31.6 Å². The molecule has 4 heterocycles. The molecule has 1 aromatic carbocycles. The van der Waals surface area contributed by atoms with E-state index in [4.69, 9.17) is 9.47 Å². The van der Waals surface area contributed by atoms with Crippen LogP contribution in [0.4, 0.5) is 0 Å². The fourth-order valence-electron chi connectivity index (χ4n) is 3.80. The molecule has 4 aromatic rings. The third kappa shape index (κ3) is 3.64. The maximum Gasteiger partial charge on any atom is 0.272 e. The molecule has 0 radical (unpaired) electrons. The monoisotopic (exact) mass is 418 g/mol. The highest BCUT2D eigenvalue weighted by Crippen LogP contribution is 2.26. The zero-order valence-electron chi connectivity index (χ0n) is 17.1. The van der Waals surface area contributed by atoms with Crippen LogP contribution >= 0.6 is 0 Å². The fraction of sp³-hybridized carbons (Fsp3) is 0.273. The number of imidazole rings is 1. The number of hydrogen-bond donors (Lipinski definition) is 1. The van der Waals surface area contributed by atoms with Crippen molar-refractivity contribution in [1.82, 2.24) is 29.5 Å². The lowest BCUT2D eigenvalue weighted by Gasteiger charge is -2.09. The Morgan fingerprint density at radius 2 is 2.26 bits per heavy atom. The molecule has 158 valence electrons. The van der Waals surface area contributed by atoms with Gasteiger partial charge in [-0.25, -0.2) is 9.67 Å². The first-order valence-electron chi connectivity index (χ1n) is 10.2. The number of rotatable bonds is 6. The Kier molecular flexibility index (Phi) is 5.09. The third-order valence-electron chi connectivity index (χ3n) is 5.35. The molecule has 1 unspecified atom stereocenters. The van der Waals surface area contributed by atoms with E-state index in [0.717, 1.165) is 36.6 Å². The summed E-state index contributed by atoms with van der Waals surface area (Å²) in [6, 6.07) is 9.47. The number of methoxy groups -OCH3 is 1. The molecule has 3 aromatic heterocycles. The summed E-state index contributed by atoms with van der Waals surface area (Å²) in [6.45, 7) is 1.21. The van der Waals surface area contributed by atoms with Gasteiger partial charge in [-0.15, -0.1) is 0 Å². The Hall–Kier alpha value is -3.72. The SMILES string of the molecule is COc1cccc(-n2nccc2-c2nc(C(=O)NCC3CCCO3)c3cnccn23)c1. The number of benzene rings is 1. The normalized spacial score (nSPS) is 16.0. The topological polar surface area (TPSA) is 95.6 Å². The van der Waals surface area contributed by atoms with E-state index in [1.165, 1.54) is 0 Å². The van der Waals surface area contributed by atoms with Gasteiger partial charge < -0.3 is 14.8 Å². The summed E-state index contributed by atoms with van der Waals surface area (Å²) >= 11 is 0. The number of ether oxygens (including phenoxy) is 2. The summed E-state index contributed by atoms with van der Waals surface area (Å²) in [6.07, 6.45) is 8.84. The van der Waals surface area contributed by atoms with Crippen molar-refractivity contribution in [2.24, 2.45) is 0 Å². The zero-order valence-corrected chi connectivity index (χ0v) is 17.1. The molecule has 1 aliphatic heterocycles. The number of amides is 1. The van der Waals surface area contributed by atoms with Crippen LogP contribution < -0.4 is 10.1 Å². The van der Waals surface area contributed by atoms with E-state index in [2.05, 4.69) is 20.4 Å². The van der Waals surface area contributed by atoms with Crippen LogP contribution in [0, 0.1) is 0 Å². The summed E-state index contributed by atoms with van der Waals surface area (Å²) < 4.78 is 14.6. The van der Waals surface area contributed by atoms with Crippen LogP contribution in [0.1, 0.15) is 23.3 Å². The van der Waals surface area contributed by atoms with Crippen LogP contribution in [0.5, 0.6) is 5.75 Å². The summed E-state index contributed by atoms with van der Waals surface area (Å²) in [5, 5.41) is 7.41. The average Bonchev–Trinajstić information content (AvgIpc) is 3.57. The van der Waals surface area contributed by atoms with E-state index in [-0.39, 0.29) is 12.0 Å². The molecular weight excluding hydrogens is 396 g/mol. The molecule has 1 fully saturated rings. The van der Waals surface area contributed by atoms with Gasteiger partial charge in [0.2, 0.25) is 0 Å². The van der Waals surface area contributed by atoms with Gasteiger partial charge in [-0.05, 0) is 31.0 Å². The van der Waals surface area contributed by atoms with Crippen molar-refractivity contribution in [3.63, 3.8) is 0 Å². The molecule has 1 aliphatic rings. The van der Waals surface area contributed by atoms with Crippen molar-refractivity contribution in [3.05, 3.63) is 60.8 Å². The van der Waals surface area contributed by atoms with Gasteiger partial charge >= 0.3 is 0 Å². The number of carbonyl (C=O) groups excluding carboxylic acids is 1. The number of hydrogen-bond acceptors (Lipinski definition) is 6. The van der Waals surface area contributed by atoms with E-state index < -0.39 is 0 Å². The highest BCUT2D eigenvalue weighted by atomic mass is 16.5. The van der Waals surface area contributed by atoms with E-state index in [1.807, 2.05) is 34.7 Å². The van der Waals surface area contributed by atoms with Gasteiger partial charge in [0.05, 0.1) is 36.8 Å².